The predicted octanol–water partition coefficient (Wildman–Crippen LogP) is 6.62. The predicted molar refractivity (Wildman–Crippen MR) is 128 cm³/mol. The van der Waals surface area contributed by atoms with Crippen molar-refractivity contribution in [2.24, 2.45) is 0 Å². The fourth-order valence-corrected chi connectivity index (χ4v) is 18.4. The maximum absolute atomic E-state index is 3.06. The second-order valence-electron chi connectivity index (χ2n) is 7.75. The Balaban J connectivity index is 0.00000120. The van der Waals surface area contributed by atoms with Crippen molar-refractivity contribution < 1.29 is 19.5 Å². The molecule has 1 atom stereocenters. The van der Waals surface area contributed by atoms with Crippen LogP contribution in [-0.2, 0) is 25.9 Å². The third kappa shape index (κ3) is 3.93. The van der Waals surface area contributed by atoms with Crippen molar-refractivity contribution in [1.29, 1.82) is 0 Å². The average Bonchev–Trinajstić information content (AvgIpc) is 3.37. The van der Waals surface area contributed by atoms with Crippen LogP contribution in [0.2, 0.25) is 4.68 Å². The number of halogens is 2. The summed E-state index contributed by atoms with van der Waals surface area (Å²) in [5.41, 5.74) is 7.34. The molecule has 0 spiro atoms. The van der Waals surface area contributed by atoms with E-state index in [1.807, 2.05) is 0 Å². The van der Waals surface area contributed by atoms with Crippen LogP contribution < -0.4 is 3.32 Å². The van der Waals surface area contributed by atoms with Gasteiger partial charge in [-0.2, -0.15) is 0 Å². The third-order valence-corrected chi connectivity index (χ3v) is 21.2. The molecule has 0 nitrogen and oxygen atoms in total. The van der Waals surface area contributed by atoms with Gasteiger partial charge in [0, 0.05) is 0 Å². The van der Waals surface area contributed by atoms with Gasteiger partial charge < -0.3 is 0 Å². The van der Waals surface area contributed by atoms with Crippen LogP contribution in [0, 0.1) is 0 Å². The second-order valence-corrected chi connectivity index (χ2v) is 21.7. The molecule has 147 valence electrons. The van der Waals surface area contributed by atoms with E-state index in [1.54, 1.807) is 12.2 Å². The molecular weight excluding hydrogens is 562 g/mol. The van der Waals surface area contributed by atoms with Crippen molar-refractivity contribution in [1.82, 2.24) is 0 Å². The number of benzene rings is 3. The monoisotopic (exact) mass is 587 g/mol. The van der Waals surface area contributed by atoms with Crippen LogP contribution in [0.15, 0.2) is 94.4 Å². The van der Waals surface area contributed by atoms with Gasteiger partial charge in [0.2, 0.25) is 0 Å². The molecule has 3 aromatic rings. The Bertz CT molecular complexity index is 1140. The Labute approximate surface area is 190 Å². The third-order valence-electron chi connectivity index (χ3n) is 6.10. The number of hydrogen-bond acceptors (Lipinski definition) is 0. The van der Waals surface area contributed by atoms with Gasteiger partial charge >= 0.3 is 166 Å². The molecule has 0 saturated carbocycles. The Morgan fingerprint density at radius 2 is 1.52 bits per heavy atom. The van der Waals surface area contributed by atoms with E-state index in [-0.39, 0.29) is 24.8 Å². The molecule has 0 bridgehead atoms. The van der Waals surface area contributed by atoms with Gasteiger partial charge in [0.05, 0.1) is 0 Å². The quantitative estimate of drug-likeness (QED) is 0.237. The van der Waals surface area contributed by atoms with Crippen molar-refractivity contribution >= 4 is 31.9 Å². The summed E-state index contributed by atoms with van der Waals surface area (Å²) in [6.07, 6.45) is 9.19. The first kappa shape index (κ1) is 22.2. The fourth-order valence-electron chi connectivity index (χ4n) is 4.70. The summed E-state index contributed by atoms with van der Waals surface area (Å²) in [6.45, 7) is 0. The molecule has 2 aliphatic rings. The van der Waals surface area contributed by atoms with Crippen molar-refractivity contribution in [2.45, 2.75) is 17.5 Å². The summed E-state index contributed by atoms with van der Waals surface area (Å²) in [5.74, 6) is 0. The van der Waals surface area contributed by atoms with Crippen molar-refractivity contribution in [2.75, 3.05) is 0 Å². The molecule has 0 radical (unpaired) electrons. The van der Waals surface area contributed by atoms with Gasteiger partial charge in [-0.15, -0.1) is 24.8 Å². The average molecular weight is 587 g/mol. The zero-order valence-corrected chi connectivity index (χ0v) is 21.7. The van der Waals surface area contributed by atoms with Crippen LogP contribution in [0.3, 0.4) is 0 Å². The van der Waals surface area contributed by atoms with Crippen LogP contribution in [0.1, 0.15) is 23.1 Å². The van der Waals surface area contributed by atoms with Crippen LogP contribution in [0.4, 0.5) is 0 Å². The van der Waals surface area contributed by atoms with Crippen LogP contribution in [-0.4, -0.2) is 3.76 Å². The maximum atomic E-state index is 2.67. The molecule has 3 heteroatoms. The van der Waals surface area contributed by atoms with Gasteiger partial charge in [0.15, 0.2) is 0 Å². The van der Waals surface area contributed by atoms with Gasteiger partial charge in [-0.05, 0) is 0 Å². The molecule has 0 aliphatic heterocycles. The summed E-state index contributed by atoms with van der Waals surface area (Å²) >= 11 is -3.06. The van der Waals surface area contributed by atoms with E-state index in [9.17, 15) is 0 Å². The molecule has 0 aromatic heterocycles. The topological polar surface area (TPSA) is 0 Å². The van der Waals surface area contributed by atoms with Crippen molar-refractivity contribution in [3.8, 4) is 11.1 Å². The van der Waals surface area contributed by atoms with Gasteiger partial charge in [0.1, 0.15) is 0 Å². The molecule has 5 rings (SSSR count). The number of hydrogen-bond donors (Lipinski definition) is 0. The normalized spacial score (nSPS) is 15.3. The van der Waals surface area contributed by atoms with Crippen LogP contribution >= 0.6 is 24.8 Å². The molecule has 0 fully saturated rings. The van der Waals surface area contributed by atoms with E-state index in [1.165, 1.54) is 22.3 Å². The molecule has 0 amide bonds. The van der Waals surface area contributed by atoms with E-state index < -0.39 is 19.5 Å². The SMILES string of the molecule is Cl.Cl.[CH3][Hf](=[CH]c1ccccc1)([C]1=CC=CC1)[c]1cccc2c1Cc1ccccc1-2. The first-order chi connectivity index (χ1) is 13.3. The Hall–Kier alpha value is -1.54. The van der Waals surface area contributed by atoms with Crippen LogP contribution in [0.25, 0.3) is 11.1 Å². The summed E-state index contributed by atoms with van der Waals surface area (Å²) in [5, 5.41) is 0. The minimum absolute atomic E-state index is 0. The van der Waals surface area contributed by atoms with Crippen LogP contribution in [0.5, 0.6) is 0 Å². The standard InChI is InChI=1S/C13H9.C7H6.C5H5.CH3.2ClH.Hf/c1-3-7-12-10(5-1)9-11-6-2-4-8-13(11)12;1-7-5-3-2-4-6-7;1-2-4-5-3-1;;;;/h1-5,7-8H,9H2;1-6H;1-3H,4H2;1H3;2*1H;. The zero-order valence-electron chi connectivity index (χ0n) is 16.5. The van der Waals surface area contributed by atoms with Crippen molar-refractivity contribution in [3.05, 3.63) is 111 Å². The molecule has 0 saturated heterocycles. The van der Waals surface area contributed by atoms with Gasteiger partial charge in [-0.25, -0.2) is 0 Å². The fraction of sp³-hybridized carbons (Fsp3) is 0.115. The summed E-state index contributed by atoms with van der Waals surface area (Å²) in [4.78, 5) is 0. The van der Waals surface area contributed by atoms with Gasteiger partial charge in [-0.1, -0.05) is 0 Å². The van der Waals surface area contributed by atoms with E-state index in [0.717, 1.165) is 12.8 Å². The van der Waals surface area contributed by atoms with E-state index in [4.69, 9.17) is 0 Å². The Morgan fingerprint density at radius 3 is 2.28 bits per heavy atom. The molecule has 0 heterocycles. The summed E-state index contributed by atoms with van der Waals surface area (Å²) < 4.78 is 8.63. The number of allylic oxidation sites excluding steroid dienone is 4. The first-order valence-electron chi connectivity index (χ1n) is 9.73. The van der Waals surface area contributed by atoms with Gasteiger partial charge in [0.25, 0.3) is 0 Å². The Kier molecular flexibility index (Phi) is 6.94. The Morgan fingerprint density at radius 1 is 0.793 bits per heavy atom. The number of fused-ring (bicyclic) bond motifs is 3. The van der Waals surface area contributed by atoms with E-state index >= 15 is 0 Å². The molecule has 2 aliphatic carbocycles. The summed E-state index contributed by atoms with van der Waals surface area (Å²) in [7, 11) is 0. The minimum atomic E-state index is -3.06. The second kappa shape index (κ2) is 9.08. The number of rotatable bonds is 3. The molecule has 1 unspecified atom stereocenters. The molecular formula is C26H25Cl2Hf. The molecule has 3 aromatic carbocycles. The zero-order chi connectivity index (χ0) is 18.3. The van der Waals surface area contributed by atoms with Crippen molar-refractivity contribution in [3.63, 3.8) is 0 Å². The van der Waals surface area contributed by atoms with E-state index in [0.29, 0.717) is 0 Å². The molecule has 0 N–H and O–H groups in total. The summed E-state index contributed by atoms with van der Waals surface area (Å²) in [6, 6.07) is 26.9. The van der Waals surface area contributed by atoms with E-state index in [2.05, 4.69) is 99.5 Å². The molecule has 29 heavy (non-hydrogen) atoms. The van der Waals surface area contributed by atoms with Gasteiger partial charge in [-0.3, -0.25) is 0 Å². The first-order valence-corrected chi connectivity index (χ1v) is 19.0.